The number of para-hydroxylation sites is 1. The quantitative estimate of drug-likeness (QED) is 0.374. The van der Waals surface area contributed by atoms with Crippen molar-refractivity contribution in [2.24, 2.45) is 5.92 Å². The summed E-state index contributed by atoms with van der Waals surface area (Å²) in [5.74, 6) is 1.01. The van der Waals surface area contributed by atoms with Crippen molar-refractivity contribution in [1.82, 2.24) is 31.1 Å². The standard InChI is InChI=1S/C26H28FN7/c1-34(2)18-10-16(12-28-13-18)22-11-20-23(14-29-22)32-33-25(20)26-30-21-8-4-7-19(24(21)31-26)15-5-3-6-17(27)9-15/h3-10,12-13,20,22-23,25,29,32-33H,11,14H2,1-2H3,(H,30,31). The summed E-state index contributed by atoms with van der Waals surface area (Å²) in [5.41, 5.74) is 12.8. The Labute approximate surface area is 197 Å². The normalized spacial score (nSPS) is 24.3. The predicted molar refractivity (Wildman–Crippen MR) is 132 cm³/mol. The molecule has 2 aliphatic rings. The van der Waals surface area contributed by atoms with E-state index in [0.717, 1.165) is 46.6 Å². The molecule has 4 unspecified atom stereocenters. The molecular weight excluding hydrogens is 429 g/mol. The van der Waals surface area contributed by atoms with Crippen LogP contribution in [0.1, 0.15) is 29.9 Å². The first kappa shape index (κ1) is 21.2. The number of hydrogen-bond donors (Lipinski definition) is 4. The van der Waals surface area contributed by atoms with Gasteiger partial charge in [-0.1, -0.05) is 24.3 Å². The van der Waals surface area contributed by atoms with Gasteiger partial charge in [0.2, 0.25) is 0 Å². The molecule has 0 spiro atoms. The highest BCUT2D eigenvalue weighted by Crippen LogP contribution is 2.39. The number of rotatable bonds is 4. The number of fused-ring (bicyclic) bond motifs is 2. The lowest BCUT2D eigenvalue weighted by atomic mass is 9.82. The van der Waals surface area contributed by atoms with Gasteiger partial charge in [0.05, 0.1) is 29.0 Å². The van der Waals surface area contributed by atoms with E-state index in [0.29, 0.717) is 12.0 Å². The first-order valence-electron chi connectivity index (χ1n) is 11.7. The number of hydrogen-bond acceptors (Lipinski definition) is 6. The number of hydrazine groups is 1. The summed E-state index contributed by atoms with van der Waals surface area (Å²) in [6.45, 7) is 0.861. The Bertz CT molecular complexity index is 1330. The van der Waals surface area contributed by atoms with E-state index in [1.54, 1.807) is 12.1 Å². The molecule has 2 fully saturated rings. The molecule has 2 aromatic carbocycles. The number of H-pyrrole nitrogens is 1. The number of piperidine rings is 1. The third-order valence-corrected chi connectivity index (χ3v) is 7.09. The number of aromatic amines is 1. The van der Waals surface area contributed by atoms with Crippen molar-refractivity contribution >= 4 is 16.7 Å². The molecule has 0 amide bonds. The van der Waals surface area contributed by atoms with Crippen LogP contribution in [0.2, 0.25) is 0 Å². The second-order valence-electron chi connectivity index (χ2n) is 9.44. The Morgan fingerprint density at radius 1 is 1.03 bits per heavy atom. The van der Waals surface area contributed by atoms with Gasteiger partial charge in [0.1, 0.15) is 11.6 Å². The zero-order valence-electron chi connectivity index (χ0n) is 19.2. The molecule has 7 nitrogen and oxygen atoms in total. The molecule has 6 rings (SSSR count). The number of nitrogens with zero attached hydrogens (tertiary/aromatic N) is 3. The summed E-state index contributed by atoms with van der Waals surface area (Å²) in [4.78, 5) is 15.1. The summed E-state index contributed by atoms with van der Waals surface area (Å²) in [5, 5.41) is 3.68. The lowest BCUT2D eigenvalue weighted by Crippen LogP contribution is -2.46. The fourth-order valence-corrected chi connectivity index (χ4v) is 5.26. The summed E-state index contributed by atoms with van der Waals surface area (Å²) in [6, 6.07) is 15.5. The third-order valence-electron chi connectivity index (χ3n) is 7.09. The number of pyridine rings is 1. The molecule has 8 heteroatoms. The average molecular weight is 458 g/mol. The van der Waals surface area contributed by atoms with Crippen LogP contribution in [0.4, 0.5) is 10.1 Å². The first-order valence-corrected chi connectivity index (χ1v) is 11.7. The molecule has 0 saturated carbocycles. The highest BCUT2D eigenvalue weighted by molar-refractivity contribution is 5.92. The van der Waals surface area contributed by atoms with E-state index in [-0.39, 0.29) is 17.9 Å². The molecule has 34 heavy (non-hydrogen) atoms. The van der Waals surface area contributed by atoms with Crippen LogP contribution in [-0.2, 0) is 0 Å². The largest absolute Gasteiger partial charge is 0.376 e. The Balaban J connectivity index is 1.31. The molecule has 2 aromatic heterocycles. The van der Waals surface area contributed by atoms with E-state index in [9.17, 15) is 4.39 Å². The summed E-state index contributed by atoms with van der Waals surface area (Å²) < 4.78 is 13.9. The van der Waals surface area contributed by atoms with Gasteiger partial charge in [-0.25, -0.2) is 14.8 Å². The average Bonchev–Trinajstić information content (AvgIpc) is 3.47. The van der Waals surface area contributed by atoms with Crippen LogP contribution in [0.25, 0.3) is 22.2 Å². The molecular formula is C26H28FN7. The second-order valence-corrected chi connectivity index (χ2v) is 9.44. The predicted octanol–water partition coefficient (Wildman–Crippen LogP) is 3.70. The summed E-state index contributed by atoms with van der Waals surface area (Å²) in [7, 11) is 4.07. The van der Waals surface area contributed by atoms with Crippen LogP contribution in [0.15, 0.2) is 60.9 Å². The molecule has 2 saturated heterocycles. The van der Waals surface area contributed by atoms with E-state index in [1.807, 2.05) is 50.8 Å². The molecule has 0 bridgehead atoms. The van der Waals surface area contributed by atoms with Gasteiger partial charge in [0.15, 0.2) is 0 Å². The maximum absolute atomic E-state index is 13.9. The van der Waals surface area contributed by atoms with Gasteiger partial charge in [-0.2, -0.15) is 0 Å². The Hall–Kier alpha value is -3.33. The minimum absolute atomic E-state index is 0.0485. The minimum Gasteiger partial charge on any atom is -0.376 e. The maximum Gasteiger partial charge on any atom is 0.126 e. The fourth-order valence-electron chi connectivity index (χ4n) is 5.26. The van der Waals surface area contributed by atoms with Gasteiger partial charge < -0.3 is 15.2 Å². The van der Waals surface area contributed by atoms with Crippen LogP contribution >= 0.6 is 0 Å². The SMILES string of the molecule is CN(C)c1cncc(C2CC3C(CN2)NNC3c2nc3c(-c4cccc(F)c4)cccc3[nH]2)c1. The first-order chi connectivity index (χ1) is 16.6. The van der Waals surface area contributed by atoms with Gasteiger partial charge in [0, 0.05) is 50.4 Å². The van der Waals surface area contributed by atoms with Gasteiger partial charge in [-0.3, -0.25) is 10.4 Å². The van der Waals surface area contributed by atoms with Gasteiger partial charge in [-0.15, -0.1) is 0 Å². The fraction of sp³-hybridized carbons (Fsp3) is 0.308. The molecule has 174 valence electrons. The van der Waals surface area contributed by atoms with Gasteiger partial charge in [-0.05, 0) is 41.8 Å². The van der Waals surface area contributed by atoms with Crippen molar-refractivity contribution in [3.05, 3.63) is 78.1 Å². The molecule has 4 N–H and O–H groups in total. The second kappa shape index (κ2) is 8.47. The van der Waals surface area contributed by atoms with Crippen molar-refractivity contribution in [2.75, 3.05) is 25.5 Å². The molecule has 4 atom stereocenters. The molecule has 2 aliphatic heterocycles. The van der Waals surface area contributed by atoms with E-state index in [2.05, 4.69) is 37.1 Å². The van der Waals surface area contributed by atoms with E-state index in [4.69, 9.17) is 4.98 Å². The smallest absolute Gasteiger partial charge is 0.126 e. The van der Waals surface area contributed by atoms with Crippen molar-refractivity contribution in [3.8, 4) is 11.1 Å². The lowest BCUT2D eigenvalue weighted by molar-refractivity contribution is 0.263. The van der Waals surface area contributed by atoms with E-state index in [1.165, 1.54) is 11.6 Å². The van der Waals surface area contributed by atoms with Crippen LogP contribution < -0.4 is 21.1 Å². The number of anilines is 1. The van der Waals surface area contributed by atoms with Gasteiger partial charge in [0.25, 0.3) is 0 Å². The van der Waals surface area contributed by atoms with Crippen molar-refractivity contribution in [3.63, 3.8) is 0 Å². The number of benzene rings is 2. The molecule has 0 aliphatic carbocycles. The Morgan fingerprint density at radius 3 is 2.76 bits per heavy atom. The minimum atomic E-state index is -0.247. The molecule has 4 heterocycles. The highest BCUT2D eigenvalue weighted by atomic mass is 19.1. The summed E-state index contributed by atoms with van der Waals surface area (Å²) >= 11 is 0. The number of aromatic nitrogens is 3. The maximum atomic E-state index is 13.9. The topological polar surface area (TPSA) is 80.9 Å². The van der Waals surface area contributed by atoms with Crippen molar-refractivity contribution in [2.45, 2.75) is 24.5 Å². The van der Waals surface area contributed by atoms with Gasteiger partial charge >= 0.3 is 0 Å². The van der Waals surface area contributed by atoms with E-state index >= 15 is 0 Å². The van der Waals surface area contributed by atoms with Crippen LogP contribution in [0, 0.1) is 11.7 Å². The third kappa shape index (κ3) is 3.73. The molecule has 0 radical (unpaired) electrons. The van der Waals surface area contributed by atoms with Crippen molar-refractivity contribution in [1.29, 1.82) is 0 Å². The van der Waals surface area contributed by atoms with Crippen molar-refractivity contribution < 1.29 is 4.39 Å². The summed E-state index contributed by atoms with van der Waals surface area (Å²) in [6.07, 6.45) is 4.81. The number of halogens is 1. The van der Waals surface area contributed by atoms with Crippen LogP contribution in [0.5, 0.6) is 0 Å². The number of nitrogens with one attached hydrogen (secondary N) is 4. The highest BCUT2D eigenvalue weighted by Gasteiger charge is 2.42. The monoisotopic (exact) mass is 457 g/mol. The lowest BCUT2D eigenvalue weighted by Gasteiger charge is -2.34. The van der Waals surface area contributed by atoms with Crippen LogP contribution in [0.3, 0.4) is 0 Å². The number of imidazole rings is 1. The zero-order chi connectivity index (χ0) is 23.2. The Morgan fingerprint density at radius 2 is 1.91 bits per heavy atom. The zero-order valence-corrected chi connectivity index (χ0v) is 19.2. The molecule has 4 aromatic rings. The Kier molecular flexibility index (Phi) is 5.28. The van der Waals surface area contributed by atoms with E-state index < -0.39 is 0 Å². The van der Waals surface area contributed by atoms with Crippen LogP contribution in [-0.4, -0.2) is 41.6 Å².